The lowest BCUT2D eigenvalue weighted by Gasteiger charge is -2.17. The van der Waals surface area contributed by atoms with Gasteiger partial charge in [0.25, 0.3) is 0 Å². The van der Waals surface area contributed by atoms with Gasteiger partial charge in [-0.3, -0.25) is 0 Å². The molecule has 0 aromatic carbocycles. The van der Waals surface area contributed by atoms with Gasteiger partial charge in [-0.1, -0.05) is 20.8 Å². The first-order valence-corrected chi connectivity index (χ1v) is 5.70. The van der Waals surface area contributed by atoms with E-state index in [1.165, 1.54) is 6.07 Å². The van der Waals surface area contributed by atoms with E-state index in [-0.39, 0.29) is 11.0 Å². The Bertz CT molecular complexity index is 385. The highest BCUT2D eigenvalue weighted by atomic mass is 16.5. The second-order valence-corrected chi connectivity index (χ2v) is 5.35. The fourth-order valence-corrected chi connectivity index (χ4v) is 1.38. The molecule has 96 valence electrons. The summed E-state index contributed by atoms with van der Waals surface area (Å²) in [6, 6.07) is 1.52. The van der Waals surface area contributed by atoms with Gasteiger partial charge in [0.05, 0.1) is 0 Å². The van der Waals surface area contributed by atoms with Gasteiger partial charge in [0.15, 0.2) is 0 Å². The van der Waals surface area contributed by atoms with Crippen LogP contribution in [0.25, 0.3) is 0 Å². The van der Waals surface area contributed by atoms with Crippen molar-refractivity contribution >= 4 is 5.97 Å². The number of rotatable bonds is 5. The molecule has 1 rings (SSSR count). The third-order valence-electron chi connectivity index (χ3n) is 2.44. The molecular weight excluding hydrogens is 220 g/mol. The summed E-state index contributed by atoms with van der Waals surface area (Å²) in [5, 5.41) is 8.86. The van der Waals surface area contributed by atoms with Crippen LogP contribution in [0.5, 0.6) is 0 Å². The Morgan fingerprint density at radius 2 is 2.12 bits per heavy atom. The average Bonchev–Trinajstić information content (AvgIpc) is 2.53. The highest BCUT2D eigenvalue weighted by molar-refractivity contribution is 5.88. The summed E-state index contributed by atoms with van der Waals surface area (Å²) in [5.41, 5.74) is 0.449. The summed E-state index contributed by atoms with van der Waals surface area (Å²) in [7, 11) is 0. The fourth-order valence-electron chi connectivity index (χ4n) is 1.38. The van der Waals surface area contributed by atoms with Crippen molar-refractivity contribution in [2.24, 2.45) is 5.41 Å². The number of carboxylic acids is 1. The molecule has 17 heavy (non-hydrogen) atoms. The van der Waals surface area contributed by atoms with Gasteiger partial charge in [0.1, 0.15) is 23.7 Å². The highest BCUT2D eigenvalue weighted by Crippen LogP contribution is 2.19. The summed E-state index contributed by atoms with van der Waals surface area (Å²) >= 11 is 0. The zero-order chi connectivity index (χ0) is 13.1. The molecule has 4 heteroatoms. The molecule has 0 unspecified atom stereocenters. The maximum atomic E-state index is 10.8. The van der Waals surface area contributed by atoms with E-state index in [9.17, 15) is 4.79 Å². The minimum Gasteiger partial charge on any atom is -0.478 e. The summed E-state index contributed by atoms with van der Waals surface area (Å²) in [4.78, 5) is 10.8. The van der Waals surface area contributed by atoms with E-state index in [0.717, 1.165) is 6.42 Å². The van der Waals surface area contributed by atoms with Crippen LogP contribution >= 0.6 is 0 Å². The van der Waals surface area contributed by atoms with E-state index >= 15 is 0 Å². The molecule has 1 N–H and O–H groups in total. The van der Waals surface area contributed by atoms with E-state index in [1.54, 1.807) is 6.92 Å². The van der Waals surface area contributed by atoms with Gasteiger partial charge >= 0.3 is 5.97 Å². The first-order valence-electron chi connectivity index (χ1n) is 5.70. The Hall–Kier alpha value is -1.29. The quantitative estimate of drug-likeness (QED) is 0.803. The number of carbonyl (C=O) groups is 1. The molecule has 0 aliphatic carbocycles. The largest absolute Gasteiger partial charge is 0.478 e. The predicted octanol–water partition coefficient (Wildman–Crippen LogP) is 3.24. The number of ether oxygens (including phenoxy) is 1. The van der Waals surface area contributed by atoms with Gasteiger partial charge in [-0.15, -0.1) is 0 Å². The van der Waals surface area contributed by atoms with Crippen molar-refractivity contribution in [1.82, 2.24) is 0 Å². The molecular formula is C13H20O4. The number of hydrogen-bond donors (Lipinski definition) is 1. The summed E-state index contributed by atoms with van der Waals surface area (Å²) in [6.45, 7) is 9.06. The van der Waals surface area contributed by atoms with Crippen molar-refractivity contribution in [3.63, 3.8) is 0 Å². The normalized spacial score (nSPS) is 11.8. The number of furan rings is 1. The van der Waals surface area contributed by atoms with Gasteiger partial charge in [0, 0.05) is 6.61 Å². The number of carboxylic acid groups (broad SMARTS) is 1. The van der Waals surface area contributed by atoms with Crippen LogP contribution in [0.1, 0.15) is 49.1 Å². The molecule has 1 aromatic rings. The van der Waals surface area contributed by atoms with Crippen molar-refractivity contribution in [1.29, 1.82) is 0 Å². The average molecular weight is 240 g/mol. The Labute approximate surface area is 102 Å². The predicted molar refractivity (Wildman–Crippen MR) is 64.1 cm³/mol. The lowest BCUT2D eigenvalue weighted by Crippen LogP contribution is -2.09. The lowest BCUT2D eigenvalue weighted by molar-refractivity contribution is 0.0695. The highest BCUT2D eigenvalue weighted by Gasteiger charge is 2.14. The Morgan fingerprint density at radius 1 is 1.47 bits per heavy atom. The van der Waals surface area contributed by atoms with Crippen LogP contribution in [-0.2, 0) is 11.3 Å². The fraction of sp³-hybridized carbons (Fsp3) is 0.615. The number of aromatic carboxylic acids is 1. The molecule has 1 aromatic heterocycles. The van der Waals surface area contributed by atoms with Crippen LogP contribution in [0.4, 0.5) is 0 Å². The van der Waals surface area contributed by atoms with E-state index in [0.29, 0.717) is 24.7 Å². The van der Waals surface area contributed by atoms with Gasteiger partial charge in [-0.05, 0) is 24.8 Å². The zero-order valence-electron chi connectivity index (χ0n) is 10.9. The van der Waals surface area contributed by atoms with E-state index in [1.807, 2.05) is 0 Å². The third kappa shape index (κ3) is 4.61. The Balaban J connectivity index is 2.43. The standard InChI is InChI=1S/C13H20O4/c1-9-11(12(14)15)7-10(17-9)8-16-6-5-13(2,3)4/h7H,5-6,8H2,1-4H3,(H,14,15). The molecule has 0 amide bonds. The van der Waals surface area contributed by atoms with Crippen LogP contribution in [-0.4, -0.2) is 17.7 Å². The minimum atomic E-state index is -0.966. The summed E-state index contributed by atoms with van der Waals surface area (Å²) < 4.78 is 10.8. The van der Waals surface area contributed by atoms with Crippen LogP contribution < -0.4 is 0 Å². The minimum absolute atomic E-state index is 0.208. The van der Waals surface area contributed by atoms with Crippen LogP contribution in [0, 0.1) is 12.3 Å². The second kappa shape index (κ2) is 5.36. The lowest BCUT2D eigenvalue weighted by atomic mass is 9.93. The monoisotopic (exact) mass is 240 g/mol. The van der Waals surface area contributed by atoms with E-state index in [4.69, 9.17) is 14.3 Å². The smallest absolute Gasteiger partial charge is 0.339 e. The molecule has 1 heterocycles. The first kappa shape index (κ1) is 13.8. The molecule has 0 saturated carbocycles. The number of aryl methyl sites for hydroxylation is 1. The maximum Gasteiger partial charge on any atom is 0.339 e. The molecule has 0 spiro atoms. The Morgan fingerprint density at radius 3 is 2.59 bits per heavy atom. The van der Waals surface area contributed by atoms with Gasteiger partial charge in [0.2, 0.25) is 0 Å². The van der Waals surface area contributed by atoms with E-state index in [2.05, 4.69) is 20.8 Å². The van der Waals surface area contributed by atoms with Crippen LogP contribution in [0.3, 0.4) is 0 Å². The SMILES string of the molecule is Cc1oc(COCCC(C)(C)C)cc1C(=O)O. The second-order valence-electron chi connectivity index (χ2n) is 5.35. The molecule has 0 saturated heterocycles. The summed E-state index contributed by atoms with van der Waals surface area (Å²) in [6.07, 6.45) is 0.957. The van der Waals surface area contributed by atoms with Gasteiger partial charge in [-0.2, -0.15) is 0 Å². The van der Waals surface area contributed by atoms with Crippen LogP contribution in [0.15, 0.2) is 10.5 Å². The molecule has 0 aliphatic heterocycles. The molecule has 0 radical (unpaired) electrons. The molecule has 0 atom stereocenters. The molecule has 0 bridgehead atoms. The third-order valence-corrected chi connectivity index (χ3v) is 2.44. The summed E-state index contributed by atoms with van der Waals surface area (Å²) in [5.74, 6) is 0.0212. The molecule has 4 nitrogen and oxygen atoms in total. The molecule has 0 fully saturated rings. The van der Waals surface area contributed by atoms with Crippen molar-refractivity contribution in [3.05, 3.63) is 23.2 Å². The topological polar surface area (TPSA) is 59.7 Å². The van der Waals surface area contributed by atoms with Crippen molar-refractivity contribution < 1.29 is 19.1 Å². The number of hydrogen-bond acceptors (Lipinski definition) is 3. The van der Waals surface area contributed by atoms with Crippen LogP contribution in [0.2, 0.25) is 0 Å². The van der Waals surface area contributed by atoms with Gasteiger partial charge in [-0.25, -0.2) is 4.79 Å². The molecule has 0 aliphatic rings. The van der Waals surface area contributed by atoms with Gasteiger partial charge < -0.3 is 14.3 Å². The first-order chi connectivity index (χ1) is 7.79. The van der Waals surface area contributed by atoms with Crippen molar-refractivity contribution in [2.75, 3.05) is 6.61 Å². The van der Waals surface area contributed by atoms with Crippen molar-refractivity contribution in [3.8, 4) is 0 Å². The maximum absolute atomic E-state index is 10.8. The van der Waals surface area contributed by atoms with Crippen molar-refractivity contribution in [2.45, 2.75) is 40.7 Å². The Kier molecular flexibility index (Phi) is 4.34. The van der Waals surface area contributed by atoms with E-state index < -0.39 is 5.97 Å². The zero-order valence-corrected chi connectivity index (χ0v) is 10.9.